The van der Waals surface area contributed by atoms with Gasteiger partial charge >= 0.3 is 0 Å². The second-order valence-corrected chi connectivity index (χ2v) is 5.83. The molecular formula is C14H19NO3. The topological polar surface area (TPSA) is 54.5 Å². The zero-order chi connectivity index (χ0) is 12.7. The number of likely N-dealkylation sites (tertiary alicyclic amines) is 1. The Kier molecular flexibility index (Phi) is 2.96. The zero-order valence-corrected chi connectivity index (χ0v) is 10.6. The lowest BCUT2D eigenvalue weighted by atomic mass is 9.80. The number of rotatable bonds is 1. The Bertz CT molecular complexity index is 398. The summed E-state index contributed by atoms with van der Waals surface area (Å²) in [6.45, 7) is 0. The third-order valence-electron chi connectivity index (χ3n) is 4.72. The molecule has 0 aromatic carbocycles. The molecule has 3 aliphatic rings. The van der Waals surface area contributed by atoms with Gasteiger partial charge in [0.1, 0.15) is 5.78 Å². The molecule has 4 nitrogen and oxygen atoms in total. The maximum absolute atomic E-state index is 12.3. The Morgan fingerprint density at radius 2 is 1.50 bits per heavy atom. The van der Waals surface area contributed by atoms with Gasteiger partial charge in [-0.3, -0.25) is 19.3 Å². The molecule has 0 aromatic heterocycles. The first-order valence-corrected chi connectivity index (χ1v) is 7.07. The summed E-state index contributed by atoms with van der Waals surface area (Å²) in [5.74, 6) is -0.449. The molecule has 0 unspecified atom stereocenters. The van der Waals surface area contributed by atoms with Crippen LogP contribution in [-0.4, -0.2) is 28.5 Å². The fourth-order valence-corrected chi connectivity index (χ4v) is 3.73. The molecule has 0 radical (unpaired) electrons. The lowest BCUT2D eigenvalue weighted by Gasteiger charge is -2.29. The number of nitrogens with zero attached hydrogens (tertiary/aromatic N) is 1. The third kappa shape index (κ3) is 1.78. The van der Waals surface area contributed by atoms with E-state index in [1.54, 1.807) is 0 Å². The van der Waals surface area contributed by atoms with Crippen LogP contribution in [0.15, 0.2) is 0 Å². The van der Waals surface area contributed by atoms with Crippen LogP contribution < -0.4 is 0 Å². The van der Waals surface area contributed by atoms with Gasteiger partial charge < -0.3 is 0 Å². The molecule has 4 heteroatoms. The van der Waals surface area contributed by atoms with Crippen LogP contribution >= 0.6 is 0 Å². The van der Waals surface area contributed by atoms with E-state index in [2.05, 4.69) is 0 Å². The Morgan fingerprint density at radius 3 is 2.22 bits per heavy atom. The average molecular weight is 249 g/mol. The monoisotopic (exact) mass is 249 g/mol. The van der Waals surface area contributed by atoms with Crippen LogP contribution in [-0.2, 0) is 14.4 Å². The highest BCUT2D eigenvalue weighted by Crippen LogP contribution is 2.39. The van der Waals surface area contributed by atoms with Crippen molar-refractivity contribution in [3.8, 4) is 0 Å². The second kappa shape index (κ2) is 4.48. The molecule has 0 spiro atoms. The minimum Gasteiger partial charge on any atom is -0.300 e. The van der Waals surface area contributed by atoms with Crippen molar-refractivity contribution in [3.05, 3.63) is 0 Å². The second-order valence-electron chi connectivity index (χ2n) is 5.83. The SMILES string of the molecule is O=C1CC[C@H]2C(=O)N(C3CCCCC3)C(=O)[C@H]2C1. The van der Waals surface area contributed by atoms with Gasteiger partial charge in [0.25, 0.3) is 0 Å². The van der Waals surface area contributed by atoms with Crippen LogP contribution in [0.25, 0.3) is 0 Å². The summed E-state index contributed by atoms with van der Waals surface area (Å²) in [6, 6.07) is 0.111. The summed E-state index contributed by atoms with van der Waals surface area (Å²) in [7, 11) is 0. The highest BCUT2D eigenvalue weighted by Gasteiger charge is 2.51. The van der Waals surface area contributed by atoms with Crippen LogP contribution in [0, 0.1) is 11.8 Å². The maximum Gasteiger partial charge on any atom is 0.233 e. The van der Waals surface area contributed by atoms with E-state index in [-0.39, 0.29) is 35.5 Å². The quantitative estimate of drug-likeness (QED) is 0.664. The van der Waals surface area contributed by atoms with Gasteiger partial charge in [0.2, 0.25) is 11.8 Å². The van der Waals surface area contributed by atoms with Crippen molar-refractivity contribution in [2.45, 2.75) is 57.4 Å². The summed E-state index contributed by atoms with van der Waals surface area (Å²) in [5.41, 5.74) is 0. The van der Waals surface area contributed by atoms with Crippen LogP contribution in [0.3, 0.4) is 0 Å². The van der Waals surface area contributed by atoms with Gasteiger partial charge in [-0.05, 0) is 19.3 Å². The number of Topliss-reactive ketones (excluding diaryl/α,β-unsaturated/α-hetero) is 1. The van der Waals surface area contributed by atoms with Gasteiger partial charge in [-0.25, -0.2) is 0 Å². The van der Waals surface area contributed by atoms with Gasteiger partial charge in [0.15, 0.2) is 0 Å². The summed E-state index contributed by atoms with van der Waals surface area (Å²) in [4.78, 5) is 37.7. The molecule has 0 bridgehead atoms. The van der Waals surface area contributed by atoms with Crippen molar-refractivity contribution < 1.29 is 14.4 Å². The first-order chi connectivity index (χ1) is 8.68. The molecule has 2 amide bonds. The van der Waals surface area contributed by atoms with Crippen LogP contribution in [0.5, 0.6) is 0 Å². The highest BCUT2D eigenvalue weighted by molar-refractivity contribution is 6.07. The third-order valence-corrected chi connectivity index (χ3v) is 4.72. The zero-order valence-electron chi connectivity index (χ0n) is 10.6. The summed E-state index contributed by atoms with van der Waals surface area (Å²) in [5, 5.41) is 0. The van der Waals surface area contributed by atoms with Crippen molar-refractivity contribution >= 4 is 17.6 Å². The summed E-state index contributed by atoms with van der Waals surface area (Å²) in [6.07, 6.45) is 6.66. The van der Waals surface area contributed by atoms with E-state index >= 15 is 0 Å². The van der Waals surface area contributed by atoms with Crippen molar-refractivity contribution in [2.24, 2.45) is 11.8 Å². The molecule has 1 heterocycles. The molecule has 98 valence electrons. The molecule has 1 saturated heterocycles. The molecule has 2 saturated carbocycles. The molecule has 0 aromatic rings. The molecular weight excluding hydrogens is 230 g/mol. The van der Waals surface area contributed by atoms with E-state index < -0.39 is 0 Å². The Morgan fingerprint density at radius 1 is 0.833 bits per heavy atom. The number of hydrogen-bond donors (Lipinski definition) is 0. The van der Waals surface area contributed by atoms with Crippen molar-refractivity contribution in [2.75, 3.05) is 0 Å². The maximum atomic E-state index is 12.3. The highest BCUT2D eigenvalue weighted by atomic mass is 16.2. The molecule has 1 aliphatic heterocycles. The van der Waals surface area contributed by atoms with Gasteiger partial charge in [-0.15, -0.1) is 0 Å². The van der Waals surface area contributed by atoms with Crippen molar-refractivity contribution in [3.63, 3.8) is 0 Å². The van der Waals surface area contributed by atoms with Gasteiger partial charge in [0, 0.05) is 18.9 Å². The van der Waals surface area contributed by atoms with E-state index in [0.29, 0.717) is 19.3 Å². The predicted octanol–water partition coefficient (Wildman–Crippen LogP) is 1.67. The molecule has 2 atom stereocenters. The normalized spacial score (nSPS) is 34.0. The number of hydrogen-bond acceptors (Lipinski definition) is 3. The van der Waals surface area contributed by atoms with Gasteiger partial charge in [0.05, 0.1) is 11.8 Å². The summed E-state index contributed by atoms with van der Waals surface area (Å²) < 4.78 is 0. The van der Waals surface area contributed by atoms with Gasteiger partial charge in [-0.2, -0.15) is 0 Å². The summed E-state index contributed by atoms with van der Waals surface area (Å²) >= 11 is 0. The smallest absolute Gasteiger partial charge is 0.233 e. The minimum absolute atomic E-state index is 0.00407. The van der Waals surface area contributed by atoms with E-state index in [0.717, 1.165) is 25.7 Å². The lowest BCUT2D eigenvalue weighted by molar-refractivity contribution is -0.143. The van der Waals surface area contributed by atoms with E-state index in [9.17, 15) is 14.4 Å². The molecule has 3 rings (SSSR count). The fourth-order valence-electron chi connectivity index (χ4n) is 3.73. The Labute approximate surface area is 107 Å². The Balaban J connectivity index is 1.81. The first-order valence-electron chi connectivity index (χ1n) is 7.07. The predicted molar refractivity (Wildman–Crippen MR) is 64.6 cm³/mol. The molecule has 18 heavy (non-hydrogen) atoms. The molecule has 2 aliphatic carbocycles. The molecule has 3 fully saturated rings. The van der Waals surface area contributed by atoms with Gasteiger partial charge in [-0.1, -0.05) is 19.3 Å². The Hall–Kier alpha value is -1.19. The van der Waals surface area contributed by atoms with Crippen LogP contribution in [0.4, 0.5) is 0 Å². The minimum atomic E-state index is -0.333. The average Bonchev–Trinajstić information content (AvgIpc) is 2.63. The lowest BCUT2D eigenvalue weighted by Crippen LogP contribution is -2.41. The van der Waals surface area contributed by atoms with E-state index in [4.69, 9.17) is 0 Å². The first kappa shape index (κ1) is 11.9. The van der Waals surface area contributed by atoms with Crippen molar-refractivity contribution in [1.29, 1.82) is 0 Å². The van der Waals surface area contributed by atoms with Crippen molar-refractivity contribution in [1.82, 2.24) is 4.90 Å². The number of carbonyl (C=O) groups excluding carboxylic acids is 3. The fraction of sp³-hybridized carbons (Fsp3) is 0.786. The van der Waals surface area contributed by atoms with E-state index in [1.165, 1.54) is 11.3 Å². The van der Waals surface area contributed by atoms with E-state index in [1.807, 2.05) is 0 Å². The number of ketones is 1. The standard InChI is InChI=1S/C14H19NO3/c16-10-6-7-11-12(8-10)14(18)15(13(11)17)9-4-2-1-3-5-9/h9,11-12H,1-8H2/t11-,12+/m1/s1. The van der Waals surface area contributed by atoms with Crippen LogP contribution in [0.1, 0.15) is 51.4 Å². The number of amides is 2. The molecule has 0 N–H and O–H groups in total. The number of fused-ring (bicyclic) bond motifs is 1. The number of imide groups is 1. The largest absolute Gasteiger partial charge is 0.300 e. The van der Waals surface area contributed by atoms with Crippen LogP contribution in [0.2, 0.25) is 0 Å². The number of carbonyl (C=O) groups is 3.